The molecule has 0 unspecified atom stereocenters. The smallest absolute Gasteiger partial charge is 0.251 e. The Bertz CT molecular complexity index is 1210. The summed E-state index contributed by atoms with van der Waals surface area (Å²) in [6, 6.07) is 23.9. The standard InChI is InChI=1S/C25H24BrN3O3/c1-17(27-25(31)18-8-3-2-4-9-18)24-28-22-12-5-6-13-23(22)29(24)15-20(30)16-32-21-11-7-10-19(26)14-21/h2-14,17,20,30H,15-16H2,1H3,(H,27,31)/t17-,20-/m0/s1. The van der Waals surface area contributed by atoms with Gasteiger partial charge in [0, 0.05) is 10.0 Å². The van der Waals surface area contributed by atoms with Gasteiger partial charge >= 0.3 is 0 Å². The molecule has 0 saturated carbocycles. The number of imidazole rings is 1. The van der Waals surface area contributed by atoms with Crippen LogP contribution < -0.4 is 10.1 Å². The molecule has 1 amide bonds. The van der Waals surface area contributed by atoms with E-state index < -0.39 is 6.10 Å². The minimum atomic E-state index is -0.762. The first-order valence-corrected chi connectivity index (χ1v) is 11.2. The number of rotatable bonds is 8. The number of para-hydroxylation sites is 2. The van der Waals surface area contributed by atoms with E-state index in [0.717, 1.165) is 15.5 Å². The number of benzene rings is 3. The Morgan fingerprint density at radius 3 is 2.62 bits per heavy atom. The number of aliphatic hydroxyl groups excluding tert-OH is 1. The third-order valence-electron chi connectivity index (χ3n) is 5.09. The van der Waals surface area contributed by atoms with Gasteiger partial charge in [0.2, 0.25) is 0 Å². The number of hydrogen-bond donors (Lipinski definition) is 2. The molecule has 2 N–H and O–H groups in total. The number of carbonyl (C=O) groups excluding carboxylic acids is 1. The van der Waals surface area contributed by atoms with Gasteiger partial charge in [-0.2, -0.15) is 0 Å². The van der Waals surface area contributed by atoms with E-state index in [1.54, 1.807) is 12.1 Å². The first-order valence-electron chi connectivity index (χ1n) is 10.4. The van der Waals surface area contributed by atoms with Crippen LogP contribution in [0.2, 0.25) is 0 Å². The van der Waals surface area contributed by atoms with Gasteiger partial charge < -0.3 is 19.7 Å². The van der Waals surface area contributed by atoms with Gasteiger partial charge in [-0.15, -0.1) is 0 Å². The Hall–Kier alpha value is -3.16. The van der Waals surface area contributed by atoms with E-state index in [4.69, 9.17) is 9.72 Å². The van der Waals surface area contributed by atoms with E-state index >= 15 is 0 Å². The van der Waals surface area contributed by atoms with Crippen molar-refractivity contribution in [1.29, 1.82) is 0 Å². The molecule has 2 atom stereocenters. The summed E-state index contributed by atoms with van der Waals surface area (Å²) >= 11 is 3.42. The summed E-state index contributed by atoms with van der Waals surface area (Å²) in [7, 11) is 0. The number of nitrogens with one attached hydrogen (secondary N) is 1. The summed E-state index contributed by atoms with van der Waals surface area (Å²) in [5, 5.41) is 13.7. The minimum absolute atomic E-state index is 0.132. The summed E-state index contributed by atoms with van der Waals surface area (Å²) in [6.07, 6.45) is -0.762. The summed E-state index contributed by atoms with van der Waals surface area (Å²) in [6.45, 7) is 2.31. The molecule has 0 aliphatic rings. The predicted octanol–water partition coefficient (Wildman–Crippen LogP) is 4.73. The van der Waals surface area contributed by atoms with Gasteiger partial charge in [0.25, 0.3) is 5.91 Å². The Morgan fingerprint density at radius 2 is 1.84 bits per heavy atom. The summed E-state index contributed by atoms with van der Waals surface area (Å²) in [5.74, 6) is 1.19. The van der Waals surface area contributed by atoms with E-state index in [0.29, 0.717) is 17.1 Å². The molecule has 0 bridgehead atoms. The van der Waals surface area contributed by atoms with Crippen molar-refractivity contribution in [2.75, 3.05) is 6.61 Å². The first kappa shape index (κ1) is 22.0. The molecule has 32 heavy (non-hydrogen) atoms. The fourth-order valence-electron chi connectivity index (χ4n) is 3.56. The molecule has 0 spiro atoms. The maximum Gasteiger partial charge on any atom is 0.251 e. The number of carbonyl (C=O) groups is 1. The first-order chi connectivity index (χ1) is 15.5. The quantitative estimate of drug-likeness (QED) is 0.372. The average Bonchev–Trinajstić information content (AvgIpc) is 3.17. The molecule has 1 heterocycles. The molecule has 6 nitrogen and oxygen atoms in total. The number of aromatic nitrogens is 2. The van der Waals surface area contributed by atoms with Crippen LogP contribution in [-0.2, 0) is 6.54 Å². The molecule has 3 aromatic carbocycles. The van der Waals surface area contributed by atoms with Crippen molar-refractivity contribution in [3.8, 4) is 5.75 Å². The summed E-state index contributed by atoms with van der Waals surface area (Å²) < 4.78 is 8.61. The van der Waals surface area contributed by atoms with E-state index in [1.165, 1.54) is 0 Å². The minimum Gasteiger partial charge on any atom is -0.491 e. The lowest BCUT2D eigenvalue weighted by atomic mass is 10.2. The third-order valence-corrected chi connectivity index (χ3v) is 5.58. The number of fused-ring (bicyclic) bond motifs is 1. The molecular weight excluding hydrogens is 470 g/mol. The molecular formula is C25H24BrN3O3. The molecule has 7 heteroatoms. The van der Waals surface area contributed by atoms with Crippen LogP contribution in [0.3, 0.4) is 0 Å². The Labute approximate surface area is 195 Å². The molecule has 0 saturated heterocycles. The van der Waals surface area contributed by atoms with Gasteiger partial charge in [-0.05, 0) is 49.4 Å². The van der Waals surface area contributed by atoms with Crippen LogP contribution in [0.4, 0.5) is 0 Å². The molecule has 4 rings (SSSR count). The van der Waals surface area contributed by atoms with E-state index in [2.05, 4.69) is 21.2 Å². The highest BCUT2D eigenvalue weighted by Gasteiger charge is 2.21. The molecule has 0 aliphatic heterocycles. The van der Waals surface area contributed by atoms with Crippen LogP contribution in [0.25, 0.3) is 11.0 Å². The second kappa shape index (κ2) is 9.97. The SMILES string of the molecule is C[C@H](NC(=O)c1ccccc1)c1nc2ccccc2n1C[C@H](O)COc1cccc(Br)c1. The zero-order chi connectivity index (χ0) is 22.5. The number of aliphatic hydroxyl groups is 1. The van der Waals surface area contributed by atoms with Crippen LogP contribution in [0, 0.1) is 0 Å². The summed E-state index contributed by atoms with van der Waals surface area (Å²) in [5.41, 5.74) is 2.29. The predicted molar refractivity (Wildman–Crippen MR) is 128 cm³/mol. The molecule has 0 fully saturated rings. The second-order valence-corrected chi connectivity index (χ2v) is 8.47. The fraction of sp³-hybridized carbons (Fsp3) is 0.200. The van der Waals surface area contributed by atoms with Gasteiger partial charge in [-0.3, -0.25) is 4.79 Å². The van der Waals surface area contributed by atoms with Crippen molar-refractivity contribution < 1.29 is 14.6 Å². The zero-order valence-electron chi connectivity index (χ0n) is 17.6. The maximum absolute atomic E-state index is 12.6. The molecule has 1 aromatic heterocycles. The zero-order valence-corrected chi connectivity index (χ0v) is 19.2. The van der Waals surface area contributed by atoms with Gasteiger partial charge in [0.15, 0.2) is 0 Å². The van der Waals surface area contributed by atoms with Gasteiger partial charge in [-0.25, -0.2) is 4.98 Å². The van der Waals surface area contributed by atoms with Gasteiger partial charge in [0.1, 0.15) is 24.3 Å². The van der Waals surface area contributed by atoms with Crippen LogP contribution in [0.15, 0.2) is 83.3 Å². The number of halogens is 1. The summed E-state index contributed by atoms with van der Waals surface area (Å²) in [4.78, 5) is 17.4. The van der Waals surface area contributed by atoms with Crippen LogP contribution in [0.1, 0.15) is 29.1 Å². The Balaban J connectivity index is 1.52. The number of nitrogens with zero attached hydrogens (tertiary/aromatic N) is 2. The Morgan fingerprint density at radius 1 is 1.09 bits per heavy atom. The van der Waals surface area contributed by atoms with Crippen molar-refractivity contribution in [1.82, 2.24) is 14.9 Å². The molecule has 0 aliphatic carbocycles. The maximum atomic E-state index is 12.6. The number of hydrogen-bond acceptors (Lipinski definition) is 4. The monoisotopic (exact) mass is 493 g/mol. The number of ether oxygens (including phenoxy) is 1. The van der Waals surface area contributed by atoms with Crippen molar-refractivity contribution >= 4 is 32.9 Å². The topological polar surface area (TPSA) is 76.4 Å². The number of amides is 1. The van der Waals surface area contributed by atoms with E-state index in [-0.39, 0.29) is 25.1 Å². The third kappa shape index (κ3) is 5.18. The van der Waals surface area contributed by atoms with Crippen LogP contribution in [-0.4, -0.2) is 33.3 Å². The van der Waals surface area contributed by atoms with E-state index in [1.807, 2.05) is 78.2 Å². The van der Waals surface area contributed by atoms with Crippen molar-refractivity contribution in [3.63, 3.8) is 0 Å². The molecule has 164 valence electrons. The lowest BCUT2D eigenvalue weighted by Crippen LogP contribution is -2.30. The van der Waals surface area contributed by atoms with Crippen molar-refractivity contribution in [3.05, 3.63) is 94.7 Å². The van der Waals surface area contributed by atoms with E-state index in [9.17, 15) is 9.90 Å². The highest BCUT2D eigenvalue weighted by Crippen LogP contribution is 2.22. The fourth-order valence-corrected chi connectivity index (χ4v) is 3.94. The van der Waals surface area contributed by atoms with Crippen molar-refractivity contribution in [2.24, 2.45) is 0 Å². The van der Waals surface area contributed by atoms with Crippen molar-refractivity contribution in [2.45, 2.75) is 25.6 Å². The molecule has 0 radical (unpaired) electrons. The van der Waals surface area contributed by atoms with Gasteiger partial charge in [-0.1, -0.05) is 52.3 Å². The Kier molecular flexibility index (Phi) is 6.87. The average molecular weight is 494 g/mol. The lowest BCUT2D eigenvalue weighted by Gasteiger charge is -2.19. The normalized spacial score (nSPS) is 13.0. The van der Waals surface area contributed by atoms with Gasteiger partial charge in [0.05, 0.1) is 23.6 Å². The highest BCUT2D eigenvalue weighted by molar-refractivity contribution is 9.10. The highest BCUT2D eigenvalue weighted by atomic mass is 79.9. The largest absolute Gasteiger partial charge is 0.491 e. The second-order valence-electron chi connectivity index (χ2n) is 7.55. The molecule has 4 aromatic rings. The lowest BCUT2D eigenvalue weighted by molar-refractivity contribution is 0.0906. The van der Waals surface area contributed by atoms with Crippen LogP contribution in [0.5, 0.6) is 5.75 Å². The van der Waals surface area contributed by atoms with Crippen LogP contribution >= 0.6 is 15.9 Å².